The average molecular weight is 279 g/mol. The van der Waals surface area contributed by atoms with Gasteiger partial charge in [-0.2, -0.15) is 0 Å². The predicted molar refractivity (Wildman–Crippen MR) is 78.8 cm³/mol. The zero-order chi connectivity index (χ0) is 14.5. The van der Waals surface area contributed by atoms with Crippen LogP contribution in [0.5, 0.6) is 5.75 Å². The summed E-state index contributed by atoms with van der Waals surface area (Å²) in [4.78, 5) is 2.45. The van der Waals surface area contributed by atoms with Crippen LogP contribution >= 0.6 is 0 Å². The molecule has 0 spiro atoms. The van der Waals surface area contributed by atoms with Gasteiger partial charge in [-0.15, -0.1) is 0 Å². The smallest absolute Gasteiger partial charge is 0.123 e. The Morgan fingerprint density at radius 2 is 2.25 bits per heavy atom. The van der Waals surface area contributed by atoms with E-state index < -0.39 is 0 Å². The molecule has 0 aromatic heterocycles. The number of aliphatic hydroxyl groups is 1. The molecule has 2 unspecified atom stereocenters. The van der Waals surface area contributed by atoms with E-state index in [1.54, 1.807) is 7.11 Å². The maximum absolute atomic E-state index is 9.30. The normalized spacial score (nSPS) is 23.8. The predicted octanol–water partition coefficient (Wildman–Crippen LogP) is 2.19. The first kappa shape index (κ1) is 15.3. The van der Waals surface area contributed by atoms with Crippen LogP contribution in [0.15, 0.2) is 18.2 Å². The number of hydrogen-bond donors (Lipinski definition) is 1. The Morgan fingerprint density at radius 1 is 1.45 bits per heavy atom. The summed E-state index contributed by atoms with van der Waals surface area (Å²) < 4.78 is 11.2. The molecule has 20 heavy (non-hydrogen) atoms. The van der Waals surface area contributed by atoms with Crippen molar-refractivity contribution in [3.63, 3.8) is 0 Å². The lowest BCUT2D eigenvalue weighted by Gasteiger charge is -2.38. The summed E-state index contributed by atoms with van der Waals surface area (Å²) in [6, 6.07) is 6.33. The molecule has 0 amide bonds. The molecule has 2 atom stereocenters. The van der Waals surface area contributed by atoms with E-state index in [-0.39, 0.29) is 12.7 Å². The largest absolute Gasteiger partial charge is 0.496 e. The Bertz CT molecular complexity index is 436. The molecule has 1 aromatic rings. The molecule has 1 heterocycles. The topological polar surface area (TPSA) is 41.9 Å². The molecule has 4 nitrogen and oxygen atoms in total. The van der Waals surface area contributed by atoms with Gasteiger partial charge in [-0.05, 0) is 31.0 Å². The van der Waals surface area contributed by atoms with Gasteiger partial charge < -0.3 is 14.6 Å². The molecule has 0 bridgehead atoms. The van der Waals surface area contributed by atoms with Gasteiger partial charge in [-0.3, -0.25) is 4.90 Å². The maximum Gasteiger partial charge on any atom is 0.123 e. The lowest BCUT2D eigenvalue weighted by molar-refractivity contribution is -0.0593. The summed E-state index contributed by atoms with van der Waals surface area (Å²) in [7, 11) is 1.69. The van der Waals surface area contributed by atoms with Crippen LogP contribution in [0, 0.1) is 0 Å². The van der Waals surface area contributed by atoms with Gasteiger partial charge in [0.2, 0.25) is 0 Å². The quantitative estimate of drug-likeness (QED) is 0.897. The van der Waals surface area contributed by atoms with E-state index in [9.17, 15) is 5.11 Å². The van der Waals surface area contributed by atoms with Gasteiger partial charge >= 0.3 is 0 Å². The second-order valence-corrected chi connectivity index (χ2v) is 5.44. The van der Waals surface area contributed by atoms with E-state index in [4.69, 9.17) is 9.47 Å². The number of aliphatic hydroxyl groups excluding tert-OH is 1. The summed E-state index contributed by atoms with van der Waals surface area (Å²) in [5.41, 5.74) is 2.06. The number of hydrogen-bond acceptors (Lipinski definition) is 4. The fraction of sp³-hybridized carbons (Fsp3) is 0.625. The standard InChI is InChI=1S/C16H25NO3/c1-4-15-11-20-12(2)8-17(15)9-14-7-13(10-18)5-6-16(14)19-3/h5-7,12,15,18H,4,8-11H2,1-3H3. The molecule has 1 fully saturated rings. The van der Waals surface area contributed by atoms with E-state index in [0.717, 1.165) is 43.0 Å². The lowest BCUT2D eigenvalue weighted by atomic mass is 10.1. The second-order valence-electron chi connectivity index (χ2n) is 5.44. The van der Waals surface area contributed by atoms with E-state index in [1.165, 1.54) is 0 Å². The minimum absolute atomic E-state index is 0.0632. The van der Waals surface area contributed by atoms with E-state index in [2.05, 4.69) is 18.7 Å². The summed E-state index contributed by atoms with van der Waals surface area (Å²) in [5.74, 6) is 0.885. The monoisotopic (exact) mass is 279 g/mol. The van der Waals surface area contributed by atoms with Crippen molar-refractivity contribution in [3.05, 3.63) is 29.3 Å². The number of ether oxygens (including phenoxy) is 2. The first-order valence-corrected chi connectivity index (χ1v) is 7.30. The fourth-order valence-electron chi connectivity index (χ4n) is 2.76. The Labute approximate surface area is 121 Å². The molecule has 1 aromatic carbocycles. The number of benzene rings is 1. The number of nitrogens with zero attached hydrogens (tertiary/aromatic N) is 1. The van der Waals surface area contributed by atoms with Crippen molar-refractivity contribution in [2.75, 3.05) is 20.3 Å². The number of morpholine rings is 1. The van der Waals surface area contributed by atoms with Crippen molar-refractivity contribution < 1.29 is 14.6 Å². The van der Waals surface area contributed by atoms with E-state index in [1.807, 2.05) is 18.2 Å². The van der Waals surface area contributed by atoms with Crippen LogP contribution in [0.25, 0.3) is 0 Å². The molecule has 2 rings (SSSR count). The van der Waals surface area contributed by atoms with Gasteiger partial charge in [0.25, 0.3) is 0 Å². The van der Waals surface area contributed by atoms with Gasteiger partial charge in [0.15, 0.2) is 0 Å². The van der Waals surface area contributed by atoms with Crippen molar-refractivity contribution in [3.8, 4) is 5.75 Å². The first-order chi connectivity index (χ1) is 9.67. The van der Waals surface area contributed by atoms with Gasteiger partial charge in [0, 0.05) is 24.7 Å². The van der Waals surface area contributed by atoms with Gasteiger partial charge in [-0.1, -0.05) is 13.0 Å². The van der Waals surface area contributed by atoms with Crippen molar-refractivity contribution in [1.82, 2.24) is 4.90 Å². The highest BCUT2D eigenvalue weighted by Crippen LogP contribution is 2.25. The van der Waals surface area contributed by atoms with Crippen LogP contribution in [0.2, 0.25) is 0 Å². The molecular formula is C16H25NO3. The second kappa shape index (κ2) is 7.07. The minimum Gasteiger partial charge on any atom is -0.496 e. The number of rotatable bonds is 5. The van der Waals surface area contributed by atoms with Crippen LogP contribution in [-0.2, 0) is 17.9 Å². The summed E-state index contributed by atoms with van der Waals surface area (Å²) in [6.45, 7) is 6.93. The summed E-state index contributed by atoms with van der Waals surface area (Å²) in [6.07, 6.45) is 1.35. The molecular weight excluding hydrogens is 254 g/mol. The highest BCUT2D eigenvalue weighted by molar-refractivity contribution is 5.37. The van der Waals surface area contributed by atoms with Crippen LogP contribution in [0.3, 0.4) is 0 Å². The van der Waals surface area contributed by atoms with Crippen LogP contribution in [-0.4, -0.2) is 42.4 Å². The van der Waals surface area contributed by atoms with Gasteiger partial charge in [0.05, 0.1) is 26.4 Å². The molecule has 0 saturated carbocycles. The van der Waals surface area contributed by atoms with Crippen LogP contribution in [0.1, 0.15) is 31.4 Å². The third kappa shape index (κ3) is 3.51. The third-order valence-corrected chi connectivity index (χ3v) is 3.95. The Balaban J connectivity index is 2.18. The van der Waals surface area contributed by atoms with Crippen molar-refractivity contribution in [1.29, 1.82) is 0 Å². The van der Waals surface area contributed by atoms with Crippen molar-refractivity contribution >= 4 is 0 Å². The van der Waals surface area contributed by atoms with Gasteiger partial charge in [-0.25, -0.2) is 0 Å². The zero-order valence-electron chi connectivity index (χ0n) is 12.6. The molecule has 1 aliphatic heterocycles. The highest BCUT2D eigenvalue weighted by atomic mass is 16.5. The summed E-state index contributed by atoms with van der Waals surface area (Å²) >= 11 is 0. The molecule has 0 radical (unpaired) electrons. The molecule has 1 saturated heterocycles. The molecule has 1 aliphatic rings. The fourth-order valence-corrected chi connectivity index (χ4v) is 2.76. The Kier molecular flexibility index (Phi) is 5.40. The molecule has 0 aliphatic carbocycles. The van der Waals surface area contributed by atoms with E-state index >= 15 is 0 Å². The first-order valence-electron chi connectivity index (χ1n) is 7.30. The molecule has 1 N–H and O–H groups in total. The minimum atomic E-state index is 0.0632. The summed E-state index contributed by atoms with van der Waals surface area (Å²) in [5, 5.41) is 9.30. The van der Waals surface area contributed by atoms with E-state index in [0.29, 0.717) is 6.04 Å². The Hall–Kier alpha value is -1.10. The molecule has 112 valence electrons. The third-order valence-electron chi connectivity index (χ3n) is 3.95. The zero-order valence-corrected chi connectivity index (χ0v) is 12.6. The van der Waals surface area contributed by atoms with Crippen molar-refractivity contribution in [2.24, 2.45) is 0 Å². The van der Waals surface area contributed by atoms with Crippen LogP contribution < -0.4 is 4.74 Å². The average Bonchev–Trinajstić information content (AvgIpc) is 2.47. The Morgan fingerprint density at radius 3 is 2.90 bits per heavy atom. The van der Waals surface area contributed by atoms with Crippen molar-refractivity contribution in [2.45, 2.75) is 45.6 Å². The lowest BCUT2D eigenvalue weighted by Crippen LogP contribution is -2.47. The highest BCUT2D eigenvalue weighted by Gasteiger charge is 2.26. The number of methoxy groups -OCH3 is 1. The molecule has 4 heteroatoms. The van der Waals surface area contributed by atoms with Crippen LogP contribution in [0.4, 0.5) is 0 Å². The van der Waals surface area contributed by atoms with Gasteiger partial charge in [0.1, 0.15) is 5.75 Å². The maximum atomic E-state index is 9.30. The SMILES string of the molecule is CCC1COC(C)CN1Cc1cc(CO)ccc1OC.